The van der Waals surface area contributed by atoms with Gasteiger partial charge in [0.2, 0.25) is 5.78 Å². The SMILES string of the molecule is CCOC(=O)c1c(C)[nH]c(C(=O)COc2ccc(C)nc2)c1C. The van der Waals surface area contributed by atoms with Gasteiger partial charge in [-0.15, -0.1) is 0 Å². The fourth-order valence-corrected chi connectivity index (χ4v) is 2.30. The van der Waals surface area contributed by atoms with E-state index < -0.39 is 5.97 Å². The lowest BCUT2D eigenvalue weighted by molar-refractivity contribution is 0.0525. The lowest BCUT2D eigenvalue weighted by Crippen LogP contribution is -2.14. The Balaban J connectivity index is 2.12. The van der Waals surface area contributed by atoms with Crippen LogP contribution in [0.4, 0.5) is 0 Å². The van der Waals surface area contributed by atoms with Crippen molar-refractivity contribution < 1.29 is 19.1 Å². The lowest BCUT2D eigenvalue weighted by atomic mass is 10.1. The lowest BCUT2D eigenvalue weighted by Gasteiger charge is -2.05. The Morgan fingerprint density at radius 2 is 1.96 bits per heavy atom. The van der Waals surface area contributed by atoms with Crippen molar-refractivity contribution in [1.29, 1.82) is 0 Å². The van der Waals surface area contributed by atoms with Gasteiger partial charge in [0.25, 0.3) is 0 Å². The summed E-state index contributed by atoms with van der Waals surface area (Å²) in [6.45, 7) is 7.22. The van der Waals surface area contributed by atoms with Crippen molar-refractivity contribution in [2.75, 3.05) is 13.2 Å². The highest BCUT2D eigenvalue weighted by Crippen LogP contribution is 2.20. The van der Waals surface area contributed by atoms with E-state index in [0.29, 0.717) is 28.3 Å². The van der Waals surface area contributed by atoms with Gasteiger partial charge < -0.3 is 14.5 Å². The van der Waals surface area contributed by atoms with Crippen molar-refractivity contribution >= 4 is 11.8 Å². The van der Waals surface area contributed by atoms with Crippen molar-refractivity contribution in [2.45, 2.75) is 27.7 Å². The number of ketones is 1. The van der Waals surface area contributed by atoms with E-state index in [0.717, 1.165) is 5.69 Å². The van der Waals surface area contributed by atoms with Crippen LogP contribution in [0.25, 0.3) is 0 Å². The average Bonchev–Trinajstić information content (AvgIpc) is 2.81. The molecule has 1 N–H and O–H groups in total. The van der Waals surface area contributed by atoms with Crippen LogP contribution >= 0.6 is 0 Å². The van der Waals surface area contributed by atoms with Gasteiger partial charge in [0.15, 0.2) is 6.61 Å². The summed E-state index contributed by atoms with van der Waals surface area (Å²) in [5.41, 5.74) is 2.84. The molecule has 0 unspecified atom stereocenters. The number of rotatable bonds is 6. The summed E-state index contributed by atoms with van der Waals surface area (Å²) in [5, 5.41) is 0. The highest BCUT2D eigenvalue weighted by atomic mass is 16.5. The fraction of sp³-hybridized carbons (Fsp3) is 0.353. The van der Waals surface area contributed by atoms with Gasteiger partial charge in [-0.05, 0) is 45.4 Å². The summed E-state index contributed by atoms with van der Waals surface area (Å²) in [4.78, 5) is 31.3. The number of H-pyrrole nitrogens is 1. The Labute approximate surface area is 134 Å². The molecule has 0 fully saturated rings. The summed E-state index contributed by atoms with van der Waals surface area (Å²) >= 11 is 0. The maximum absolute atomic E-state index is 12.3. The fourth-order valence-electron chi connectivity index (χ4n) is 2.30. The highest BCUT2D eigenvalue weighted by Gasteiger charge is 2.22. The first kappa shape index (κ1) is 16.7. The average molecular weight is 316 g/mol. The predicted molar refractivity (Wildman–Crippen MR) is 85.0 cm³/mol. The summed E-state index contributed by atoms with van der Waals surface area (Å²) in [6, 6.07) is 3.56. The summed E-state index contributed by atoms with van der Waals surface area (Å²) < 4.78 is 10.5. The quantitative estimate of drug-likeness (QED) is 0.654. The molecule has 0 saturated carbocycles. The normalized spacial score (nSPS) is 10.4. The zero-order valence-electron chi connectivity index (χ0n) is 13.7. The van der Waals surface area contributed by atoms with E-state index in [2.05, 4.69) is 9.97 Å². The predicted octanol–water partition coefficient (Wildman–Crippen LogP) is 2.77. The molecule has 6 heteroatoms. The monoisotopic (exact) mass is 316 g/mol. The Morgan fingerprint density at radius 3 is 2.57 bits per heavy atom. The molecule has 0 bridgehead atoms. The second-order valence-corrected chi connectivity index (χ2v) is 5.19. The van der Waals surface area contributed by atoms with E-state index in [-0.39, 0.29) is 19.0 Å². The number of pyridine rings is 1. The molecule has 2 aromatic rings. The first-order valence-corrected chi connectivity index (χ1v) is 7.39. The number of hydrogen-bond donors (Lipinski definition) is 1. The number of nitrogens with one attached hydrogen (secondary N) is 1. The smallest absolute Gasteiger partial charge is 0.340 e. The standard InChI is InChI=1S/C17H20N2O4/c1-5-22-17(21)15-11(3)16(19-12(15)4)14(20)9-23-13-7-6-10(2)18-8-13/h6-8,19H,5,9H2,1-4H3. The van der Waals surface area contributed by atoms with Crippen molar-refractivity contribution in [1.82, 2.24) is 9.97 Å². The third kappa shape index (κ3) is 3.77. The molecule has 0 saturated heterocycles. The molecule has 0 spiro atoms. The minimum Gasteiger partial charge on any atom is -0.484 e. The van der Waals surface area contributed by atoms with Crippen molar-refractivity contribution in [2.24, 2.45) is 0 Å². The Kier molecular flexibility index (Phi) is 5.16. The largest absolute Gasteiger partial charge is 0.484 e. The molecule has 0 aliphatic carbocycles. The number of esters is 1. The Bertz CT molecular complexity index is 717. The van der Waals surface area contributed by atoms with Gasteiger partial charge in [0.05, 0.1) is 24.1 Å². The van der Waals surface area contributed by atoms with Crippen molar-refractivity contribution in [3.63, 3.8) is 0 Å². The zero-order valence-corrected chi connectivity index (χ0v) is 13.7. The van der Waals surface area contributed by atoms with Gasteiger partial charge in [0.1, 0.15) is 5.75 Å². The third-order valence-corrected chi connectivity index (χ3v) is 3.45. The molecule has 2 aromatic heterocycles. The number of ether oxygens (including phenoxy) is 2. The van der Waals surface area contributed by atoms with Crippen LogP contribution in [0.5, 0.6) is 5.75 Å². The molecule has 0 amide bonds. The molecule has 0 atom stereocenters. The van der Waals surface area contributed by atoms with E-state index in [1.165, 1.54) is 0 Å². The van der Waals surface area contributed by atoms with Crippen LogP contribution in [0.2, 0.25) is 0 Å². The Hall–Kier alpha value is -2.63. The van der Waals surface area contributed by atoms with Gasteiger partial charge in [-0.25, -0.2) is 4.79 Å². The second kappa shape index (κ2) is 7.09. The topological polar surface area (TPSA) is 81.3 Å². The molecule has 0 radical (unpaired) electrons. The highest BCUT2D eigenvalue weighted by molar-refractivity contribution is 6.02. The molecule has 0 aliphatic heterocycles. The molecular formula is C17H20N2O4. The number of nitrogens with zero attached hydrogens (tertiary/aromatic N) is 1. The number of carbonyl (C=O) groups excluding carboxylic acids is 2. The van der Waals surface area contributed by atoms with Gasteiger partial charge in [-0.1, -0.05) is 0 Å². The van der Waals surface area contributed by atoms with Crippen LogP contribution in [0.3, 0.4) is 0 Å². The van der Waals surface area contributed by atoms with Gasteiger partial charge >= 0.3 is 5.97 Å². The van der Waals surface area contributed by atoms with Crippen LogP contribution in [-0.2, 0) is 4.74 Å². The minimum atomic E-state index is -0.429. The molecular weight excluding hydrogens is 296 g/mol. The van der Waals surface area contributed by atoms with E-state index >= 15 is 0 Å². The third-order valence-electron chi connectivity index (χ3n) is 3.45. The van der Waals surface area contributed by atoms with Gasteiger partial charge in [-0.2, -0.15) is 0 Å². The van der Waals surface area contributed by atoms with Gasteiger partial charge in [0, 0.05) is 11.4 Å². The second-order valence-electron chi connectivity index (χ2n) is 5.19. The van der Waals surface area contributed by atoms with E-state index in [4.69, 9.17) is 9.47 Å². The number of aromatic nitrogens is 2. The number of hydrogen-bond acceptors (Lipinski definition) is 5. The minimum absolute atomic E-state index is 0.131. The molecule has 122 valence electrons. The summed E-state index contributed by atoms with van der Waals surface area (Å²) in [5.74, 6) is -0.140. The summed E-state index contributed by atoms with van der Waals surface area (Å²) in [7, 11) is 0. The molecule has 0 aromatic carbocycles. The number of Topliss-reactive ketones (excluding diaryl/α,β-unsaturated/α-hetero) is 1. The van der Waals surface area contributed by atoms with Crippen LogP contribution in [0.15, 0.2) is 18.3 Å². The maximum Gasteiger partial charge on any atom is 0.340 e. The van der Waals surface area contributed by atoms with Gasteiger partial charge in [-0.3, -0.25) is 9.78 Å². The molecule has 6 nitrogen and oxygen atoms in total. The Morgan fingerprint density at radius 1 is 1.22 bits per heavy atom. The first-order chi connectivity index (χ1) is 10.9. The zero-order chi connectivity index (χ0) is 17.0. The molecule has 0 aliphatic rings. The van der Waals surface area contributed by atoms with Crippen LogP contribution in [0, 0.1) is 20.8 Å². The van der Waals surface area contributed by atoms with E-state index in [1.807, 2.05) is 13.0 Å². The molecule has 23 heavy (non-hydrogen) atoms. The van der Waals surface area contributed by atoms with Crippen LogP contribution < -0.4 is 4.74 Å². The number of aryl methyl sites for hydroxylation is 2. The van der Waals surface area contributed by atoms with Crippen molar-refractivity contribution in [3.05, 3.63) is 46.5 Å². The number of carbonyl (C=O) groups is 2. The summed E-state index contributed by atoms with van der Waals surface area (Å²) in [6.07, 6.45) is 1.57. The van der Waals surface area contributed by atoms with Crippen LogP contribution in [0.1, 0.15) is 44.7 Å². The first-order valence-electron chi connectivity index (χ1n) is 7.39. The van der Waals surface area contributed by atoms with E-state index in [1.54, 1.807) is 33.0 Å². The molecule has 2 heterocycles. The molecule has 2 rings (SSSR count). The maximum atomic E-state index is 12.3. The van der Waals surface area contributed by atoms with Crippen LogP contribution in [-0.4, -0.2) is 34.9 Å². The number of aromatic amines is 1. The van der Waals surface area contributed by atoms with E-state index in [9.17, 15) is 9.59 Å². The van der Waals surface area contributed by atoms with Crippen molar-refractivity contribution in [3.8, 4) is 5.75 Å².